The van der Waals surface area contributed by atoms with E-state index in [9.17, 15) is 4.79 Å². The number of aromatic nitrogens is 2. The molecule has 0 bridgehead atoms. The Morgan fingerprint density at radius 1 is 1.58 bits per heavy atom. The summed E-state index contributed by atoms with van der Waals surface area (Å²) in [5, 5.41) is 6.28. The van der Waals surface area contributed by atoms with Gasteiger partial charge in [0.1, 0.15) is 11.7 Å². The third kappa shape index (κ3) is 1.85. The lowest BCUT2D eigenvalue weighted by molar-refractivity contribution is -0.111. The molecule has 12 heavy (non-hydrogen) atoms. The van der Waals surface area contributed by atoms with E-state index in [1.54, 1.807) is 6.07 Å². The Morgan fingerprint density at radius 2 is 2.17 bits per heavy atom. The first-order chi connectivity index (χ1) is 5.75. The second kappa shape index (κ2) is 3.92. The maximum atomic E-state index is 10.7. The summed E-state index contributed by atoms with van der Waals surface area (Å²) < 4.78 is 0. The molecule has 1 atom stereocenters. The standard InChI is InChI=1S/C7H6ClN3O/c8-6(12)5(4-9)7-10-2-1-3-11-7/h1-5,9H. The SMILES string of the molecule is N=CC(C(=O)Cl)c1ncccn1. The lowest BCUT2D eigenvalue weighted by Crippen LogP contribution is -2.11. The Labute approximate surface area is 74.1 Å². The van der Waals surface area contributed by atoms with Crippen LogP contribution in [0.5, 0.6) is 0 Å². The molecule has 0 spiro atoms. The number of rotatable bonds is 3. The van der Waals surface area contributed by atoms with Crippen LogP contribution in [0.2, 0.25) is 0 Å². The van der Waals surface area contributed by atoms with Gasteiger partial charge in [-0.1, -0.05) is 0 Å². The molecular weight excluding hydrogens is 178 g/mol. The number of carbonyl (C=O) groups excluding carboxylic acids is 1. The molecule has 0 aliphatic heterocycles. The quantitative estimate of drug-likeness (QED) is 0.561. The van der Waals surface area contributed by atoms with Crippen LogP contribution in [0.1, 0.15) is 11.7 Å². The Balaban J connectivity index is 2.95. The lowest BCUT2D eigenvalue weighted by Gasteiger charge is -2.02. The van der Waals surface area contributed by atoms with Crippen LogP contribution >= 0.6 is 11.6 Å². The van der Waals surface area contributed by atoms with E-state index in [4.69, 9.17) is 17.0 Å². The molecule has 62 valence electrons. The number of hydrogen-bond acceptors (Lipinski definition) is 4. The van der Waals surface area contributed by atoms with Crippen LogP contribution in [-0.2, 0) is 4.79 Å². The third-order valence-electron chi connectivity index (χ3n) is 1.28. The second-order valence-corrected chi connectivity index (χ2v) is 2.43. The summed E-state index contributed by atoms with van der Waals surface area (Å²) >= 11 is 5.21. The van der Waals surface area contributed by atoms with Crippen LogP contribution in [0.25, 0.3) is 0 Å². The predicted octanol–water partition coefficient (Wildman–Crippen LogP) is 0.975. The molecule has 1 rings (SSSR count). The summed E-state index contributed by atoms with van der Waals surface area (Å²) in [6.07, 6.45) is 3.92. The highest BCUT2D eigenvalue weighted by Crippen LogP contribution is 2.10. The van der Waals surface area contributed by atoms with Gasteiger partial charge in [0, 0.05) is 18.6 Å². The number of nitrogens with one attached hydrogen (secondary N) is 1. The minimum Gasteiger partial charge on any atom is -0.312 e. The molecule has 0 aromatic carbocycles. The Hall–Kier alpha value is -1.29. The van der Waals surface area contributed by atoms with Gasteiger partial charge in [-0.3, -0.25) is 4.79 Å². The molecule has 1 aromatic heterocycles. The van der Waals surface area contributed by atoms with Crippen molar-refractivity contribution < 1.29 is 4.79 Å². The molecule has 1 unspecified atom stereocenters. The normalized spacial score (nSPS) is 12.1. The van der Waals surface area contributed by atoms with Crippen molar-refractivity contribution in [3.05, 3.63) is 24.3 Å². The van der Waals surface area contributed by atoms with Gasteiger partial charge in [0.15, 0.2) is 0 Å². The van der Waals surface area contributed by atoms with E-state index < -0.39 is 11.2 Å². The van der Waals surface area contributed by atoms with Gasteiger partial charge in [0.2, 0.25) is 5.24 Å². The molecule has 0 radical (unpaired) electrons. The topological polar surface area (TPSA) is 66.7 Å². The lowest BCUT2D eigenvalue weighted by atomic mass is 10.2. The van der Waals surface area contributed by atoms with Gasteiger partial charge in [-0.15, -0.1) is 0 Å². The fraction of sp³-hybridized carbons (Fsp3) is 0.143. The van der Waals surface area contributed by atoms with Crippen molar-refractivity contribution >= 4 is 23.1 Å². The van der Waals surface area contributed by atoms with Crippen molar-refractivity contribution in [3.63, 3.8) is 0 Å². The van der Waals surface area contributed by atoms with Crippen LogP contribution < -0.4 is 0 Å². The summed E-state index contributed by atoms with van der Waals surface area (Å²) in [4.78, 5) is 18.3. The van der Waals surface area contributed by atoms with Crippen molar-refractivity contribution in [1.29, 1.82) is 5.41 Å². The average Bonchev–Trinajstić information content (AvgIpc) is 2.07. The van der Waals surface area contributed by atoms with E-state index in [0.29, 0.717) is 0 Å². The maximum absolute atomic E-state index is 10.7. The van der Waals surface area contributed by atoms with E-state index in [1.807, 2.05) is 0 Å². The Kier molecular flexibility index (Phi) is 2.88. The first-order valence-corrected chi connectivity index (χ1v) is 3.60. The van der Waals surface area contributed by atoms with Crippen LogP contribution in [0.15, 0.2) is 18.5 Å². The van der Waals surface area contributed by atoms with Crippen molar-refractivity contribution in [1.82, 2.24) is 9.97 Å². The van der Waals surface area contributed by atoms with Crippen molar-refractivity contribution in [2.45, 2.75) is 5.92 Å². The van der Waals surface area contributed by atoms with E-state index in [-0.39, 0.29) is 5.82 Å². The molecule has 0 aliphatic rings. The Morgan fingerprint density at radius 3 is 2.58 bits per heavy atom. The summed E-state index contributed by atoms with van der Waals surface area (Å²) in [6, 6.07) is 1.63. The number of carbonyl (C=O) groups is 1. The minimum atomic E-state index is -0.826. The number of hydrogen-bond donors (Lipinski definition) is 1. The molecule has 0 saturated heterocycles. The predicted molar refractivity (Wildman–Crippen MR) is 44.4 cm³/mol. The highest BCUT2D eigenvalue weighted by molar-refractivity contribution is 6.66. The molecular formula is C7H6ClN3O. The summed E-state index contributed by atoms with van der Waals surface area (Å²) in [5.41, 5.74) is 0. The monoisotopic (exact) mass is 183 g/mol. The molecule has 1 N–H and O–H groups in total. The molecule has 1 aromatic rings. The van der Waals surface area contributed by atoms with Crippen LogP contribution in [-0.4, -0.2) is 21.4 Å². The second-order valence-electron chi connectivity index (χ2n) is 2.06. The molecule has 0 fully saturated rings. The largest absolute Gasteiger partial charge is 0.312 e. The smallest absolute Gasteiger partial charge is 0.237 e. The van der Waals surface area contributed by atoms with E-state index in [0.717, 1.165) is 6.21 Å². The molecule has 5 heteroatoms. The third-order valence-corrected chi connectivity index (χ3v) is 1.51. The summed E-state index contributed by atoms with van der Waals surface area (Å²) in [5.74, 6) is -0.569. The summed E-state index contributed by atoms with van der Waals surface area (Å²) in [6.45, 7) is 0. The Bertz CT molecular complexity index is 288. The van der Waals surface area contributed by atoms with Gasteiger partial charge in [0.05, 0.1) is 0 Å². The first kappa shape index (κ1) is 8.80. The van der Waals surface area contributed by atoms with Gasteiger partial charge in [0.25, 0.3) is 0 Å². The van der Waals surface area contributed by atoms with Crippen LogP contribution in [0.3, 0.4) is 0 Å². The molecule has 1 heterocycles. The van der Waals surface area contributed by atoms with Gasteiger partial charge in [-0.25, -0.2) is 9.97 Å². The van der Waals surface area contributed by atoms with Gasteiger partial charge < -0.3 is 5.41 Å². The molecule has 0 amide bonds. The maximum Gasteiger partial charge on any atom is 0.237 e. The zero-order valence-corrected chi connectivity index (χ0v) is 6.82. The van der Waals surface area contributed by atoms with Crippen molar-refractivity contribution in [3.8, 4) is 0 Å². The van der Waals surface area contributed by atoms with Gasteiger partial charge >= 0.3 is 0 Å². The molecule has 0 aliphatic carbocycles. The van der Waals surface area contributed by atoms with E-state index in [2.05, 4.69) is 9.97 Å². The minimum absolute atomic E-state index is 0.257. The number of nitrogens with zero attached hydrogens (tertiary/aromatic N) is 2. The highest BCUT2D eigenvalue weighted by atomic mass is 35.5. The van der Waals surface area contributed by atoms with Crippen molar-refractivity contribution in [2.24, 2.45) is 0 Å². The molecule has 0 saturated carbocycles. The molecule has 4 nitrogen and oxygen atoms in total. The zero-order valence-electron chi connectivity index (χ0n) is 6.07. The zero-order chi connectivity index (χ0) is 8.97. The summed E-state index contributed by atoms with van der Waals surface area (Å²) in [7, 11) is 0. The highest BCUT2D eigenvalue weighted by Gasteiger charge is 2.17. The average molecular weight is 184 g/mol. The van der Waals surface area contributed by atoms with Crippen LogP contribution in [0.4, 0.5) is 0 Å². The first-order valence-electron chi connectivity index (χ1n) is 3.22. The fourth-order valence-electron chi connectivity index (χ4n) is 0.713. The van der Waals surface area contributed by atoms with Gasteiger partial charge in [-0.2, -0.15) is 0 Å². The van der Waals surface area contributed by atoms with Gasteiger partial charge in [-0.05, 0) is 17.7 Å². The van der Waals surface area contributed by atoms with E-state index >= 15 is 0 Å². The van der Waals surface area contributed by atoms with Crippen LogP contribution in [0, 0.1) is 5.41 Å². The number of halogens is 1. The fourth-order valence-corrected chi connectivity index (χ4v) is 0.873. The van der Waals surface area contributed by atoms with E-state index in [1.165, 1.54) is 12.4 Å². The van der Waals surface area contributed by atoms with Crippen molar-refractivity contribution in [2.75, 3.05) is 0 Å².